The first kappa shape index (κ1) is 16.5. The van der Waals surface area contributed by atoms with E-state index < -0.39 is 0 Å². The Morgan fingerprint density at radius 1 is 1.17 bits per heavy atom. The molecule has 1 N–H and O–H groups in total. The van der Waals surface area contributed by atoms with Crippen LogP contribution in [0, 0.1) is 0 Å². The summed E-state index contributed by atoms with van der Waals surface area (Å²) in [4.78, 5) is 11.0. The number of hydrogen-bond acceptors (Lipinski definition) is 3. The average molecular weight is 339 g/mol. The molecule has 3 nitrogen and oxygen atoms in total. The average Bonchev–Trinajstić information content (AvgIpc) is 2.97. The summed E-state index contributed by atoms with van der Waals surface area (Å²) in [6, 6.07) is 14.8. The van der Waals surface area contributed by atoms with E-state index in [2.05, 4.69) is 47.1 Å². The number of hydrogen-bond donors (Lipinski definition) is 1. The van der Waals surface area contributed by atoms with Crippen LogP contribution < -0.4 is 10.1 Å². The van der Waals surface area contributed by atoms with E-state index in [4.69, 9.17) is 4.74 Å². The lowest BCUT2D eigenvalue weighted by Crippen LogP contribution is -2.22. The molecule has 4 heteroatoms. The fourth-order valence-electron chi connectivity index (χ4n) is 2.86. The summed E-state index contributed by atoms with van der Waals surface area (Å²) in [6.45, 7) is 2.21. The molecule has 3 rings (SSSR count). The molecule has 2 aromatic carbocycles. The van der Waals surface area contributed by atoms with Gasteiger partial charge in [-0.15, -0.1) is 11.3 Å². The van der Waals surface area contributed by atoms with Crippen LogP contribution >= 0.6 is 11.3 Å². The summed E-state index contributed by atoms with van der Waals surface area (Å²) in [7, 11) is 1.72. The number of nitrogens with one attached hydrogen (secondary N) is 1. The Balaban J connectivity index is 1.88. The highest BCUT2D eigenvalue weighted by molar-refractivity contribution is 7.17. The van der Waals surface area contributed by atoms with E-state index in [1.807, 2.05) is 6.07 Å². The van der Waals surface area contributed by atoms with Crippen molar-refractivity contribution in [1.29, 1.82) is 0 Å². The van der Waals surface area contributed by atoms with Crippen molar-refractivity contribution in [2.24, 2.45) is 0 Å². The Hall–Kier alpha value is -2.33. The largest absolute Gasteiger partial charge is 0.496 e. The van der Waals surface area contributed by atoms with Crippen LogP contribution in [0.5, 0.6) is 5.75 Å². The SMILES string of the molecule is COc1cc2c(CCNC(C)=O)csc2cc1Cc1ccccc1. The molecular formula is C20H21NO2S. The number of carbonyl (C=O) groups is 1. The van der Waals surface area contributed by atoms with Crippen LogP contribution in [-0.2, 0) is 17.6 Å². The molecule has 1 heterocycles. The van der Waals surface area contributed by atoms with Crippen molar-refractivity contribution in [2.45, 2.75) is 19.8 Å². The van der Waals surface area contributed by atoms with Crippen molar-refractivity contribution < 1.29 is 9.53 Å². The van der Waals surface area contributed by atoms with Crippen LogP contribution in [0.1, 0.15) is 23.6 Å². The molecule has 0 saturated heterocycles. The van der Waals surface area contributed by atoms with Crippen LogP contribution in [0.4, 0.5) is 0 Å². The Morgan fingerprint density at radius 2 is 1.96 bits per heavy atom. The molecule has 124 valence electrons. The molecule has 1 amide bonds. The normalized spacial score (nSPS) is 10.8. The third-order valence-electron chi connectivity index (χ3n) is 4.06. The van der Waals surface area contributed by atoms with Gasteiger partial charge in [0.2, 0.25) is 5.91 Å². The fraction of sp³-hybridized carbons (Fsp3) is 0.250. The van der Waals surface area contributed by atoms with Gasteiger partial charge in [0.05, 0.1) is 7.11 Å². The number of amides is 1. The molecule has 0 spiro atoms. The second-order valence-corrected chi connectivity index (χ2v) is 6.73. The summed E-state index contributed by atoms with van der Waals surface area (Å²) in [5.74, 6) is 0.933. The lowest BCUT2D eigenvalue weighted by atomic mass is 10.0. The molecule has 0 aliphatic heterocycles. The quantitative estimate of drug-likeness (QED) is 0.732. The van der Waals surface area contributed by atoms with Crippen molar-refractivity contribution in [3.05, 3.63) is 64.5 Å². The monoisotopic (exact) mass is 339 g/mol. The first-order valence-corrected chi connectivity index (χ1v) is 8.90. The van der Waals surface area contributed by atoms with Crippen LogP contribution in [0.15, 0.2) is 47.8 Å². The third-order valence-corrected chi connectivity index (χ3v) is 5.06. The molecule has 0 aliphatic carbocycles. The van der Waals surface area contributed by atoms with Gasteiger partial charge in [0.1, 0.15) is 5.75 Å². The van der Waals surface area contributed by atoms with Gasteiger partial charge >= 0.3 is 0 Å². The maximum Gasteiger partial charge on any atom is 0.216 e. The number of ether oxygens (including phenoxy) is 1. The number of methoxy groups -OCH3 is 1. The van der Waals surface area contributed by atoms with Gasteiger partial charge in [-0.3, -0.25) is 4.79 Å². The van der Waals surface area contributed by atoms with Gasteiger partial charge in [-0.05, 0) is 46.0 Å². The van der Waals surface area contributed by atoms with Gasteiger partial charge in [0, 0.05) is 24.6 Å². The first-order valence-electron chi connectivity index (χ1n) is 8.02. The first-order chi connectivity index (χ1) is 11.7. The summed E-state index contributed by atoms with van der Waals surface area (Å²) in [6.07, 6.45) is 1.69. The molecule has 0 radical (unpaired) electrons. The Morgan fingerprint density at radius 3 is 2.67 bits per heavy atom. The van der Waals surface area contributed by atoms with Gasteiger partial charge in [-0.2, -0.15) is 0 Å². The second kappa shape index (κ2) is 7.49. The summed E-state index contributed by atoms with van der Waals surface area (Å²) < 4.78 is 6.89. The topological polar surface area (TPSA) is 38.3 Å². The van der Waals surface area contributed by atoms with Crippen molar-refractivity contribution in [1.82, 2.24) is 5.32 Å². The molecular weight excluding hydrogens is 318 g/mol. The number of carbonyl (C=O) groups excluding carboxylic acids is 1. The number of benzene rings is 2. The fourth-order valence-corrected chi connectivity index (χ4v) is 3.90. The number of thiophene rings is 1. The van der Waals surface area contributed by atoms with Gasteiger partial charge in [0.25, 0.3) is 0 Å². The van der Waals surface area contributed by atoms with E-state index in [9.17, 15) is 4.79 Å². The van der Waals surface area contributed by atoms with Crippen LogP contribution in [-0.4, -0.2) is 19.6 Å². The van der Waals surface area contributed by atoms with Crippen molar-refractivity contribution in [3.8, 4) is 5.75 Å². The predicted molar refractivity (Wildman–Crippen MR) is 100 cm³/mol. The molecule has 24 heavy (non-hydrogen) atoms. The zero-order chi connectivity index (χ0) is 16.9. The molecule has 0 aliphatic rings. The standard InChI is InChI=1S/C20H21NO2S/c1-14(22)21-9-8-16-13-24-20-11-17(19(23-2)12-18(16)20)10-15-6-4-3-5-7-15/h3-7,11-13H,8-10H2,1-2H3,(H,21,22). The summed E-state index contributed by atoms with van der Waals surface area (Å²) in [5.41, 5.74) is 3.73. The third kappa shape index (κ3) is 3.77. The zero-order valence-electron chi connectivity index (χ0n) is 14.0. The van der Waals surface area contributed by atoms with Gasteiger partial charge < -0.3 is 10.1 Å². The summed E-state index contributed by atoms with van der Waals surface area (Å²) in [5, 5.41) is 6.26. The highest BCUT2D eigenvalue weighted by Crippen LogP contribution is 2.34. The molecule has 0 fully saturated rings. The Labute approximate surface area is 146 Å². The molecule has 0 atom stereocenters. The zero-order valence-corrected chi connectivity index (χ0v) is 14.8. The summed E-state index contributed by atoms with van der Waals surface area (Å²) >= 11 is 1.75. The van der Waals surface area contributed by atoms with E-state index in [1.54, 1.807) is 25.4 Å². The number of rotatable bonds is 6. The molecule has 0 bridgehead atoms. The van der Waals surface area contributed by atoms with Gasteiger partial charge in [-0.25, -0.2) is 0 Å². The van der Waals surface area contributed by atoms with Crippen molar-refractivity contribution in [3.63, 3.8) is 0 Å². The maximum atomic E-state index is 11.0. The van der Waals surface area contributed by atoms with Gasteiger partial charge in [-0.1, -0.05) is 30.3 Å². The minimum Gasteiger partial charge on any atom is -0.496 e. The predicted octanol–water partition coefficient (Wildman–Crippen LogP) is 4.18. The molecule has 1 aromatic heterocycles. The minimum absolute atomic E-state index is 0.0114. The van der Waals surface area contributed by atoms with E-state index in [1.165, 1.54) is 26.8 Å². The smallest absolute Gasteiger partial charge is 0.216 e. The van der Waals surface area contributed by atoms with E-state index in [-0.39, 0.29) is 5.91 Å². The molecule has 3 aromatic rings. The highest BCUT2D eigenvalue weighted by atomic mass is 32.1. The molecule has 0 unspecified atom stereocenters. The maximum absolute atomic E-state index is 11.0. The van der Waals surface area contributed by atoms with E-state index >= 15 is 0 Å². The lowest BCUT2D eigenvalue weighted by Gasteiger charge is -2.10. The van der Waals surface area contributed by atoms with E-state index in [0.717, 1.165) is 18.6 Å². The van der Waals surface area contributed by atoms with Crippen LogP contribution in [0.25, 0.3) is 10.1 Å². The van der Waals surface area contributed by atoms with Crippen LogP contribution in [0.3, 0.4) is 0 Å². The minimum atomic E-state index is 0.0114. The van der Waals surface area contributed by atoms with Gasteiger partial charge in [0.15, 0.2) is 0 Å². The highest BCUT2D eigenvalue weighted by Gasteiger charge is 2.11. The van der Waals surface area contributed by atoms with Crippen LogP contribution in [0.2, 0.25) is 0 Å². The lowest BCUT2D eigenvalue weighted by molar-refractivity contribution is -0.118. The number of fused-ring (bicyclic) bond motifs is 1. The Bertz CT molecular complexity index is 839. The van der Waals surface area contributed by atoms with Crippen molar-refractivity contribution >= 4 is 27.3 Å². The molecule has 0 saturated carbocycles. The Kier molecular flexibility index (Phi) is 5.16. The van der Waals surface area contributed by atoms with E-state index in [0.29, 0.717) is 6.54 Å². The second-order valence-electron chi connectivity index (χ2n) is 5.82. The van der Waals surface area contributed by atoms with Crippen molar-refractivity contribution in [2.75, 3.05) is 13.7 Å².